The van der Waals surface area contributed by atoms with Crippen molar-refractivity contribution in [2.24, 2.45) is 5.92 Å². The molecule has 2 unspecified atom stereocenters. The summed E-state index contributed by atoms with van der Waals surface area (Å²) in [5.74, 6) is 0.239. The Morgan fingerprint density at radius 2 is 2.14 bits per heavy atom. The Morgan fingerprint density at radius 1 is 1.43 bits per heavy atom. The second-order valence-electron chi connectivity index (χ2n) is 5.22. The van der Waals surface area contributed by atoms with Crippen molar-refractivity contribution < 1.29 is 17.9 Å². The highest BCUT2D eigenvalue weighted by molar-refractivity contribution is 8.13. The molecule has 1 aliphatic rings. The summed E-state index contributed by atoms with van der Waals surface area (Å²) in [6.45, 7) is 2.29. The number of carbonyl (C=O) groups is 1. The average molecular weight is 332 g/mol. The van der Waals surface area contributed by atoms with Crippen LogP contribution in [0.25, 0.3) is 0 Å². The molecule has 0 bridgehead atoms. The maximum atomic E-state index is 12.2. The number of hydrogen-bond donors (Lipinski definition) is 1. The fourth-order valence-electron chi connectivity index (χ4n) is 2.31. The highest BCUT2D eigenvalue weighted by Crippen LogP contribution is 2.33. The normalized spacial score (nSPS) is 21.1. The van der Waals surface area contributed by atoms with Gasteiger partial charge in [0.2, 0.25) is 0 Å². The summed E-state index contributed by atoms with van der Waals surface area (Å²) >= 11 is 0. The van der Waals surface area contributed by atoms with E-state index in [1.54, 1.807) is 6.07 Å². The fourth-order valence-corrected chi connectivity index (χ4v) is 3.14. The van der Waals surface area contributed by atoms with E-state index in [2.05, 4.69) is 12.2 Å². The number of nitrogens with one attached hydrogen (secondary N) is 1. The molecule has 0 heterocycles. The van der Waals surface area contributed by atoms with E-state index < -0.39 is 9.05 Å². The molecule has 1 aromatic rings. The summed E-state index contributed by atoms with van der Waals surface area (Å²) in [7, 11) is 2.98. The van der Waals surface area contributed by atoms with Crippen LogP contribution in [0, 0.1) is 5.92 Å². The first-order valence-electron chi connectivity index (χ1n) is 6.73. The van der Waals surface area contributed by atoms with E-state index in [1.807, 2.05) is 0 Å². The van der Waals surface area contributed by atoms with Crippen LogP contribution in [-0.2, 0) is 20.4 Å². The Balaban J connectivity index is 2.25. The van der Waals surface area contributed by atoms with Gasteiger partial charge in [-0.15, -0.1) is 0 Å². The topological polar surface area (TPSA) is 72.5 Å². The Kier molecular flexibility index (Phi) is 4.91. The summed E-state index contributed by atoms with van der Waals surface area (Å²) < 4.78 is 28.0. The summed E-state index contributed by atoms with van der Waals surface area (Å²) in [5, 5.41) is 2.90. The molecule has 2 rings (SSSR count). The summed E-state index contributed by atoms with van der Waals surface area (Å²) in [6, 6.07) is 4.51. The van der Waals surface area contributed by atoms with Crippen molar-refractivity contribution >= 4 is 25.6 Å². The molecular weight excluding hydrogens is 314 g/mol. The number of hydrogen-bond acceptors (Lipinski definition) is 4. The molecular formula is C14H18ClNO4S. The molecule has 0 spiro atoms. The van der Waals surface area contributed by atoms with Gasteiger partial charge in [-0.2, -0.15) is 0 Å². The lowest BCUT2D eigenvalue weighted by Gasteiger charge is -2.09. The van der Waals surface area contributed by atoms with Crippen LogP contribution < -0.4 is 5.32 Å². The van der Waals surface area contributed by atoms with Crippen LogP contribution >= 0.6 is 10.7 Å². The predicted molar refractivity (Wildman–Crippen MR) is 79.8 cm³/mol. The molecule has 1 saturated carbocycles. The van der Waals surface area contributed by atoms with E-state index in [9.17, 15) is 13.2 Å². The molecule has 0 aromatic heterocycles. The molecule has 7 heteroatoms. The first-order chi connectivity index (χ1) is 9.85. The third-order valence-electron chi connectivity index (χ3n) is 3.58. The Labute approximate surface area is 129 Å². The van der Waals surface area contributed by atoms with E-state index in [1.165, 1.54) is 19.2 Å². The summed E-state index contributed by atoms with van der Waals surface area (Å²) in [5.41, 5.74) is 0.873. The monoisotopic (exact) mass is 331 g/mol. The summed E-state index contributed by atoms with van der Waals surface area (Å²) in [6.07, 6.45) is 2.00. The van der Waals surface area contributed by atoms with Crippen LogP contribution in [0.1, 0.15) is 35.7 Å². The number of methoxy groups -OCH3 is 1. The van der Waals surface area contributed by atoms with Gasteiger partial charge in [-0.3, -0.25) is 4.79 Å². The maximum Gasteiger partial charge on any atom is 0.261 e. The molecule has 21 heavy (non-hydrogen) atoms. The second kappa shape index (κ2) is 6.34. The van der Waals surface area contributed by atoms with Crippen LogP contribution in [-0.4, -0.2) is 27.5 Å². The molecule has 1 amide bonds. The molecule has 0 saturated heterocycles. The molecule has 1 N–H and O–H groups in total. The Bertz CT molecular complexity index is 644. The smallest absolute Gasteiger partial charge is 0.261 e. The quantitative estimate of drug-likeness (QED) is 0.812. The fraction of sp³-hybridized carbons (Fsp3) is 0.500. The van der Waals surface area contributed by atoms with Crippen molar-refractivity contribution in [1.82, 2.24) is 5.32 Å². The Hall–Kier alpha value is -1.11. The number of carbonyl (C=O) groups excluding carboxylic acids is 1. The summed E-state index contributed by atoms with van der Waals surface area (Å²) in [4.78, 5) is 12.1. The minimum Gasteiger partial charge on any atom is -0.380 e. The van der Waals surface area contributed by atoms with Crippen molar-refractivity contribution in [3.63, 3.8) is 0 Å². The zero-order chi connectivity index (χ0) is 15.6. The highest BCUT2D eigenvalue weighted by atomic mass is 35.7. The third kappa shape index (κ3) is 4.18. The van der Waals surface area contributed by atoms with E-state index >= 15 is 0 Å². The average Bonchev–Trinajstić information content (AvgIpc) is 3.16. The van der Waals surface area contributed by atoms with Gasteiger partial charge in [-0.1, -0.05) is 13.3 Å². The number of rotatable bonds is 6. The maximum absolute atomic E-state index is 12.2. The number of amides is 1. The lowest BCUT2D eigenvalue weighted by Crippen LogP contribution is -2.27. The molecule has 116 valence electrons. The Morgan fingerprint density at radius 3 is 2.67 bits per heavy atom. The van der Waals surface area contributed by atoms with Gasteiger partial charge in [-0.25, -0.2) is 8.42 Å². The van der Waals surface area contributed by atoms with Crippen molar-refractivity contribution in [3.05, 3.63) is 29.3 Å². The van der Waals surface area contributed by atoms with Crippen molar-refractivity contribution in [1.29, 1.82) is 0 Å². The molecule has 1 aromatic carbocycles. The minimum atomic E-state index is -3.89. The lowest BCUT2D eigenvalue weighted by molar-refractivity contribution is 0.0948. The van der Waals surface area contributed by atoms with Gasteiger partial charge in [0.05, 0.1) is 11.5 Å². The largest absolute Gasteiger partial charge is 0.380 e. The van der Waals surface area contributed by atoms with E-state index in [4.69, 9.17) is 15.4 Å². The van der Waals surface area contributed by atoms with Gasteiger partial charge in [-0.05, 0) is 36.1 Å². The zero-order valence-electron chi connectivity index (χ0n) is 11.9. The molecule has 5 nitrogen and oxygen atoms in total. The van der Waals surface area contributed by atoms with E-state index in [-0.39, 0.29) is 29.0 Å². The van der Waals surface area contributed by atoms with Gasteiger partial charge in [0, 0.05) is 29.4 Å². The van der Waals surface area contributed by atoms with Gasteiger partial charge < -0.3 is 10.1 Å². The first kappa shape index (κ1) is 16.3. The lowest BCUT2D eigenvalue weighted by atomic mass is 10.1. The number of benzene rings is 1. The minimum absolute atomic E-state index is 0.0910. The molecule has 0 aliphatic heterocycles. The number of ether oxygens (including phenoxy) is 1. The van der Waals surface area contributed by atoms with E-state index in [0.29, 0.717) is 11.5 Å². The second-order valence-corrected chi connectivity index (χ2v) is 7.79. The number of halogens is 1. The van der Waals surface area contributed by atoms with Crippen LogP contribution in [0.4, 0.5) is 0 Å². The third-order valence-corrected chi connectivity index (χ3v) is 4.92. The van der Waals surface area contributed by atoms with Crippen LogP contribution in [0.3, 0.4) is 0 Å². The van der Waals surface area contributed by atoms with Gasteiger partial charge in [0.1, 0.15) is 0 Å². The predicted octanol–water partition coefficient (Wildman–Crippen LogP) is 2.29. The van der Waals surface area contributed by atoms with Crippen LogP contribution in [0.5, 0.6) is 0 Å². The van der Waals surface area contributed by atoms with Crippen molar-refractivity contribution in [2.45, 2.75) is 37.3 Å². The van der Waals surface area contributed by atoms with E-state index in [0.717, 1.165) is 12.8 Å². The molecule has 1 aliphatic carbocycles. The van der Waals surface area contributed by atoms with Crippen LogP contribution in [0.2, 0.25) is 0 Å². The van der Waals surface area contributed by atoms with Crippen molar-refractivity contribution in [3.8, 4) is 0 Å². The highest BCUT2D eigenvalue weighted by Gasteiger charge is 2.36. The van der Waals surface area contributed by atoms with Gasteiger partial charge in [0.25, 0.3) is 15.0 Å². The van der Waals surface area contributed by atoms with Crippen LogP contribution in [0.15, 0.2) is 23.1 Å². The first-order valence-corrected chi connectivity index (χ1v) is 9.04. The molecule has 1 fully saturated rings. The zero-order valence-corrected chi connectivity index (χ0v) is 13.5. The molecule has 2 atom stereocenters. The van der Waals surface area contributed by atoms with Gasteiger partial charge >= 0.3 is 0 Å². The SMILES string of the molecule is CCC1CC1NC(=O)c1cc(COC)cc(S(=O)(=O)Cl)c1. The van der Waals surface area contributed by atoms with Gasteiger partial charge in [0.15, 0.2) is 0 Å². The van der Waals surface area contributed by atoms with Crippen molar-refractivity contribution in [2.75, 3.05) is 7.11 Å². The molecule has 0 radical (unpaired) electrons. The standard InChI is InChI=1S/C14H18ClNO4S/c1-3-10-7-13(10)16-14(17)11-4-9(8-20-2)5-12(6-11)21(15,18)19/h4-6,10,13H,3,7-8H2,1-2H3,(H,16,17).